The molecule has 4 N–H and O–H groups in total. The Morgan fingerprint density at radius 3 is 2.68 bits per heavy atom. The van der Waals surface area contributed by atoms with Crippen molar-refractivity contribution in [1.82, 2.24) is 20.0 Å². The molecular weight excluding hydrogens is 599 g/mol. The highest BCUT2D eigenvalue weighted by molar-refractivity contribution is 8.26. The Kier molecular flexibility index (Phi) is 8.94. The minimum absolute atomic E-state index is 0.149. The van der Waals surface area contributed by atoms with Gasteiger partial charge in [0.1, 0.15) is 16.7 Å². The standard InChI is InChI=1S/C32H31N5O5S2/c33-29-24-7-6-23(19-26(24)34-35-29)25-17-21(3-8-27(25)42-16-13-36-11-14-41-15-12-36)18-28-30(38)37(32(43)44-28)10-9-20-1-4-22(5-2-20)31(39)40/h1-8,17-19H,9-16H2,(H,39,40)(H3,33,34,35)/b28-18-. The maximum atomic E-state index is 13.4. The Balaban J connectivity index is 1.21. The average molecular weight is 630 g/mol. The van der Waals surface area contributed by atoms with Crippen LogP contribution in [0.3, 0.4) is 0 Å². The van der Waals surface area contributed by atoms with Crippen molar-refractivity contribution in [2.24, 2.45) is 0 Å². The fourth-order valence-corrected chi connectivity index (χ4v) is 6.51. The number of hydrogen-bond acceptors (Lipinski definition) is 9. The number of fused-ring (bicyclic) bond motifs is 1. The van der Waals surface area contributed by atoms with E-state index < -0.39 is 5.97 Å². The number of carbonyl (C=O) groups excluding carboxylic acids is 1. The van der Waals surface area contributed by atoms with Crippen molar-refractivity contribution >= 4 is 63.0 Å². The summed E-state index contributed by atoms with van der Waals surface area (Å²) in [5.41, 5.74) is 10.6. The second kappa shape index (κ2) is 13.2. The molecule has 12 heteroatoms. The number of carboxylic acids is 1. The number of anilines is 1. The SMILES string of the molecule is Nc1n[nH]c2cc(-c3cc(/C=C4\SC(=S)N(CCc5ccc(C(=O)O)cc5)C4=O)ccc3OCCN3CCOCC3)ccc12. The van der Waals surface area contributed by atoms with Gasteiger partial charge in [0.2, 0.25) is 0 Å². The molecule has 1 aromatic heterocycles. The molecule has 2 saturated heterocycles. The van der Waals surface area contributed by atoms with E-state index in [1.807, 2.05) is 42.5 Å². The summed E-state index contributed by atoms with van der Waals surface area (Å²) in [4.78, 5) is 28.9. The first kappa shape index (κ1) is 29.8. The van der Waals surface area contributed by atoms with Gasteiger partial charge in [-0.25, -0.2) is 4.79 Å². The van der Waals surface area contributed by atoms with Crippen molar-refractivity contribution in [1.29, 1.82) is 0 Å². The van der Waals surface area contributed by atoms with E-state index in [9.17, 15) is 9.59 Å². The van der Waals surface area contributed by atoms with E-state index in [0.717, 1.165) is 71.8 Å². The highest BCUT2D eigenvalue weighted by Gasteiger charge is 2.31. The number of thiocarbonyl (C=S) groups is 1. The fourth-order valence-electron chi connectivity index (χ4n) is 5.21. The molecule has 44 heavy (non-hydrogen) atoms. The zero-order chi connectivity index (χ0) is 30.6. The number of aromatic amines is 1. The molecule has 4 aromatic rings. The van der Waals surface area contributed by atoms with E-state index in [1.54, 1.807) is 29.2 Å². The summed E-state index contributed by atoms with van der Waals surface area (Å²) in [6, 6.07) is 18.5. The number of aromatic nitrogens is 2. The number of carboxylic acid groups (broad SMARTS) is 1. The molecule has 0 unspecified atom stereocenters. The number of carbonyl (C=O) groups is 2. The number of thioether (sulfide) groups is 1. The van der Waals surface area contributed by atoms with E-state index >= 15 is 0 Å². The second-order valence-electron chi connectivity index (χ2n) is 10.5. The van der Waals surface area contributed by atoms with Gasteiger partial charge in [-0.2, -0.15) is 5.10 Å². The first-order chi connectivity index (χ1) is 21.4. The van der Waals surface area contributed by atoms with Gasteiger partial charge in [0.25, 0.3) is 5.91 Å². The molecular formula is C32H31N5O5S2. The molecule has 0 atom stereocenters. The molecule has 0 bridgehead atoms. The third-order valence-electron chi connectivity index (χ3n) is 7.67. The smallest absolute Gasteiger partial charge is 0.335 e. The molecule has 226 valence electrons. The molecule has 3 heterocycles. The summed E-state index contributed by atoms with van der Waals surface area (Å²) in [6.07, 6.45) is 2.41. The Labute approximate surface area is 263 Å². The summed E-state index contributed by atoms with van der Waals surface area (Å²) in [7, 11) is 0. The molecule has 2 fully saturated rings. The number of rotatable bonds is 10. The predicted octanol–water partition coefficient (Wildman–Crippen LogP) is 4.67. The summed E-state index contributed by atoms with van der Waals surface area (Å²) < 4.78 is 12.2. The number of nitrogens with two attached hydrogens (primary N) is 1. The van der Waals surface area contributed by atoms with Crippen molar-refractivity contribution in [3.8, 4) is 16.9 Å². The van der Waals surface area contributed by atoms with Gasteiger partial charge >= 0.3 is 5.97 Å². The lowest BCUT2D eigenvalue weighted by Crippen LogP contribution is -2.38. The maximum Gasteiger partial charge on any atom is 0.335 e. The maximum absolute atomic E-state index is 13.4. The number of nitrogen functional groups attached to an aromatic ring is 1. The Bertz CT molecular complexity index is 1750. The lowest BCUT2D eigenvalue weighted by Gasteiger charge is -2.26. The fraction of sp³-hybridized carbons (Fsp3) is 0.250. The van der Waals surface area contributed by atoms with Crippen LogP contribution in [-0.4, -0.2) is 87.3 Å². The highest BCUT2D eigenvalue weighted by atomic mass is 32.2. The van der Waals surface area contributed by atoms with E-state index in [2.05, 4.69) is 15.1 Å². The number of amides is 1. The van der Waals surface area contributed by atoms with Crippen molar-refractivity contribution in [3.63, 3.8) is 0 Å². The molecule has 0 radical (unpaired) electrons. The van der Waals surface area contributed by atoms with Crippen LogP contribution in [-0.2, 0) is 16.0 Å². The van der Waals surface area contributed by atoms with Gasteiger partial charge in [0.15, 0.2) is 5.82 Å². The molecule has 0 aliphatic carbocycles. The number of H-pyrrole nitrogens is 1. The monoisotopic (exact) mass is 629 g/mol. The normalized spacial score (nSPS) is 16.7. The number of hydrogen-bond donors (Lipinski definition) is 3. The first-order valence-electron chi connectivity index (χ1n) is 14.2. The number of ether oxygens (including phenoxy) is 2. The molecule has 10 nitrogen and oxygen atoms in total. The zero-order valence-electron chi connectivity index (χ0n) is 23.8. The van der Waals surface area contributed by atoms with Gasteiger partial charge in [-0.05, 0) is 65.6 Å². The van der Waals surface area contributed by atoms with Crippen molar-refractivity contribution < 1.29 is 24.2 Å². The summed E-state index contributed by atoms with van der Waals surface area (Å²) >= 11 is 6.83. The van der Waals surface area contributed by atoms with Crippen LogP contribution in [0.5, 0.6) is 5.75 Å². The Morgan fingerprint density at radius 2 is 1.91 bits per heavy atom. The summed E-state index contributed by atoms with van der Waals surface area (Å²) in [5.74, 6) is 0.0649. The van der Waals surface area contributed by atoms with Crippen molar-refractivity contribution in [2.75, 3.05) is 51.7 Å². The molecule has 6 rings (SSSR count). The molecule has 2 aliphatic heterocycles. The topological polar surface area (TPSA) is 134 Å². The van der Waals surface area contributed by atoms with Gasteiger partial charge in [-0.15, -0.1) is 0 Å². The Morgan fingerprint density at radius 1 is 1.11 bits per heavy atom. The van der Waals surface area contributed by atoms with E-state index in [4.69, 9.17) is 32.5 Å². The predicted molar refractivity (Wildman–Crippen MR) is 176 cm³/mol. The number of morpholine rings is 1. The largest absolute Gasteiger partial charge is 0.492 e. The number of benzene rings is 3. The van der Waals surface area contributed by atoms with Gasteiger partial charge in [-0.3, -0.25) is 19.7 Å². The zero-order valence-corrected chi connectivity index (χ0v) is 25.5. The van der Waals surface area contributed by atoms with Crippen LogP contribution in [0.4, 0.5) is 5.82 Å². The molecule has 0 saturated carbocycles. The third kappa shape index (κ3) is 6.63. The van der Waals surface area contributed by atoms with E-state index in [0.29, 0.717) is 34.6 Å². The average Bonchev–Trinajstić information content (AvgIpc) is 3.54. The molecule has 2 aliphatic rings. The number of nitrogens with one attached hydrogen (secondary N) is 1. The van der Waals surface area contributed by atoms with E-state index in [-0.39, 0.29) is 11.5 Å². The van der Waals surface area contributed by atoms with Crippen LogP contribution in [0.2, 0.25) is 0 Å². The van der Waals surface area contributed by atoms with Gasteiger partial charge in [0, 0.05) is 37.1 Å². The quantitative estimate of drug-likeness (QED) is 0.168. The van der Waals surface area contributed by atoms with Crippen molar-refractivity contribution in [3.05, 3.63) is 82.3 Å². The van der Waals surface area contributed by atoms with Crippen molar-refractivity contribution in [2.45, 2.75) is 6.42 Å². The number of nitrogens with zero attached hydrogens (tertiary/aromatic N) is 3. The van der Waals surface area contributed by atoms with Crippen LogP contribution in [0, 0.1) is 0 Å². The van der Waals surface area contributed by atoms with E-state index in [1.165, 1.54) is 11.8 Å². The molecule has 0 spiro atoms. The molecule has 1 amide bonds. The van der Waals surface area contributed by atoms with Gasteiger partial charge in [0.05, 0.1) is 29.2 Å². The third-order valence-corrected chi connectivity index (χ3v) is 9.05. The molecule has 3 aromatic carbocycles. The summed E-state index contributed by atoms with van der Waals surface area (Å²) in [6.45, 7) is 4.99. The second-order valence-corrected chi connectivity index (χ2v) is 12.2. The minimum atomic E-state index is -0.971. The highest BCUT2D eigenvalue weighted by Crippen LogP contribution is 2.37. The summed E-state index contributed by atoms with van der Waals surface area (Å²) in [5, 5.41) is 17.1. The lowest BCUT2D eigenvalue weighted by molar-refractivity contribution is -0.122. The van der Waals surface area contributed by atoms with Crippen LogP contribution in [0.1, 0.15) is 21.5 Å². The van der Waals surface area contributed by atoms with Gasteiger partial charge < -0.3 is 20.3 Å². The number of aromatic carboxylic acids is 1. The van der Waals surface area contributed by atoms with Gasteiger partial charge in [-0.1, -0.05) is 48.2 Å². The minimum Gasteiger partial charge on any atom is -0.492 e. The Hall–Kier alpha value is -4.23. The lowest BCUT2D eigenvalue weighted by atomic mass is 10.0. The van der Waals surface area contributed by atoms with Crippen LogP contribution in [0.25, 0.3) is 28.1 Å². The van der Waals surface area contributed by atoms with Crippen LogP contribution < -0.4 is 10.5 Å². The van der Waals surface area contributed by atoms with Crippen LogP contribution >= 0.6 is 24.0 Å². The first-order valence-corrected chi connectivity index (χ1v) is 15.5. The van der Waals surface area contributed by atoms with Crippen LogP contribution in [0.15, 0.2) is 65.6 Å².